The highest BCUT2D eigenvalue weighted by Gasteiger charge is 2.27. The zero-order valence-electron chi connectivity index (χ0n) is 34.2. The predicted molar refractivity (Wildman–Crippen MR) is 242 cm³/mol. The lowest BCUT2D eigenvalue weighted by Gasteiger charge is -2.36. The lowest BCUT2D eigenvalue weighted by Crippen LogP contribution is -2.46. The molecule has 1 fully saturated rings. The van der Waals surface area contributed by atoms with E-state index in [0.717, 1.165) is 67.2 Å². The molecular weight excluding hydrogens is 797 g/mol. The van der Waals surface area contributed by atoms with E-state index in [1.807, 2.05) is 88.6 Å². The Kier molecular flexibility index (Phi) is 13.2. The van der Waals surface area contributed by atoms with Gasteiger partial charge in [0, 0.05) is 72.6 Å². The third kappa shape index (κ3) is 10.7. The molecule has 2 heterocycles. The number of hydrogen-bond donors (Lipinski definition) is 2. The number of hydrogen-bond acceptors (Lipinski definition) is 12. The summed E-state index contributed by atoms with van der Waals surface area (Å²) in [5.74, 6) is 1.57. The lowest BCUT2D eigenvalue weighted by molar-refractivity contribution is -0.384. The number of fused-ring (bicyclic) bond motifs is 1. The fourth-order valence-electron chi connectivity index (χ4n) is 7.05. The number of sulfonamides is 1. The molecule has 0 atom stereocenters. The summed E-state index contributed by atoms with van der Waals surface area (Å²) in [4.78, 5) is 28.0. The Morgan fingerprint density at radius 1 is 0.883 bits per heavy atom. The van der Waals surface area contributed by atoms with Gasteiger partial charge in [-0.1, -0.05) is 54.6 Å². The van der Waals surface area contributed by atoms with E-state index in [1.54, 1.807) is 11.8 Å². The fourth-order valence-corrected chi connectivity index (χ4v) is 9.05. The Morgan fingerprint density at radius 3 is 2.35 bits per heavy atom. The van der Waals surface area contributed by atoms with Crippen LogP contribution in [0.25, 0.3) is 22.0 Å². The van der Waals surface area contributed by atoms with Crippen LogP contribution in [0.5, 0.6) is 5.75 Å². The van der Waals surface area contributed by atoms with Crippen molar-refractivity contribution >= 4 is 55.6 Å². The van der Waals surface area contributed by atoms with E-state index in [9.17, 15) is 18.5 Å². The van der Waals surface area contributed by atoms with Crippen LogP contribution in [0.3, 0.4) is 0 Å². The monoisotopic (exact) mass is 846 g/mol. The third-order valence-electron chi connectivity index (χ3n) is 10.3. The second kappa shape index (κ2) is 18.7. The number of nitrogens with zero attached hydrogens (tertiary/aromatic N) is 6. The van der Waals surface area contributed by atoms with E-state index < -0.39 is 20.5 Å². The number of anilines is 3. The van der Waals surface area contributed by atoms with Crippen LogP contribution >= 0.6 is 11.8 Å². The molecule has 15 heteroatoms. The Hall–Kier alpha value is -5.74. The number of nitro benzene ring substituents is 1. The van der Waals surface area contributed by atoms with Crippen molar-refractivity contribution < 1.29 is 18.1 Å². The summed E-state index contributed by atoms with van der Waals surface area (Å²) in [5.41, 5.74) is 4.53. The highest BCUT2D eigenvalue weighted by atomic mass is 32.2. The van der Waals surface area contributed by atoms with Gasteiger partial charge in [-0.15, -0.1) is 11.8 Å². The minimum absolute atomic E-state index is 0.0884. The van der Waals surface area contributed by atoms with Crippen LogP contribution in [0, 0.1) is 10.1 Å². The molecule has 1 saturated heterocycles. The first-order valence-electron chi connectivity index (χ1n) is 19.8. The Balaban J connectivity index is 0.986. The van der Waals surface area contributed by atoms with Gasteiger partial charge in [0.2, 0.25) is 0 Å². The van der Waals surface area contributed by atoms with Crippen molar-refractivity contribution in [3.63, 3.8) is 0 Å². The van der Waals surface area contributed by atoms with Crippen LogP contribution < -0.4 is 19.7 Å². The quantitative estimate of drug-likeness (QED) is 0.0518. The van der Waals surface area contributed by atoms with Crippen molar-refractivity contribution in [3.05, 3.63) is 137 Å². The molecule has 0 amide bonds. The first kappa shape index (κ1) is 42.4. The van der Waals surface area contributed by atoms with Crippen LogP contribution in [0.15, 0.2) is 131 Å². The van der Waals surface area contributed by atoms with E-state index in [2.05, 4.69) is 71.1 Å². The maximum absolute atomic E-state index is 13.7. The Labute approximate surface area is 356 Å². The van der Waals surface area contributed by atoms with E-state index >= 15 is 0 Å². The molecular formula is C45H50N8O5S2. The standard InChI is InChI=1S/C45H50N8O5S2/c1-45(2,31-59-37-11-6-5-7-12-37)48-41-21-19-38(29-43(41)53(54)55)60(56,57)49-44-40-20-16-35(28-42(40)46-32-47-44)52-24-22-51(23-25-52)30-34-10-8-9-13-39(34)33-14-17-36(18-15-33)58-27-26-50(3)4/h5-21,28-29,32,48H,22-27,30-31H2,1-4H3,(H,46,47,49). The van der Waals surface area contributed by atoms with Gasteiger partial charge in [-0.3, -0.25) is 19.7 Å². The van der Waals surface area contributed by atoms with Crippen molar-refractivity contribution in [1.82, 2.24) is 19.8 Å². The molecule has 5 aromatic carbocycles. The van der Waals surface area contributed by atoms with E-state index in [1.165, 1.54) is 29.6 Å². The van der Waals surface area contributed by atoms with Gasteiger partial charge in [0.1, 0.15) is 24.4 Å². The normalized spacial score (nSPS) is 13.7. The van der Waals surface area contributed by atoms with Gasteiger partial charge in [-0.05, 0) is 99.2 Å². The maximum Gasteiger partial charge on any atom is 0.293 e. The second-order valence-corrected chi connectivity index (χ2v) is 18.4. The second-order valence-electron chi connectivity index (χ2n) is 15.7. The van der Waals surface area contributed by atoms with Gasteiger partial charge in [0.05, 0.1) is 15.3 Å². The molecule has 0 spiro atoms. The van der Waals surface area contributed by atoms with Crippen LogP contribution in [-0.4, -0.2) is 97.8 Å². The minimum atomic E-state index is -4.26. The highest BCUT2D eigenvalue weighted by Crippen LogP contribution is 2.34. The molecule has 0 bridgehead atoms. The van der Waals surface area contributed by atoms with Gasteiger partial charge < -0.3 is 19.9 Å². The molecule has 13 nitrogen and oxygen atoms in total. The number of piperazine rings is 1. The number of nitrogens with one attached hydrogen (secondary N) is 2. The van der Waals surface area contributed by atoms with E-state index in [-0.39, 0.29) is 22.1 Å². The molecule has 1 aromatic heterocycles. The van der Waals surface area contributed by atoms with Crippen LogP contribution in [-0.2, 0) is 16.6 Å². The topological polar surface area (TPSA) is 146 Å². The van der Waals surface area contributed by atoms with Gasteiger partial charge in [0.15, 0.2) is 5.82 Å². The van der Waals surface area contributed by atoms with Gasteiger partial charge in [-0.25, -0.2) is 18.4 Å². The lowest BCUT2D eigenvalue weighted by atomic mass is 9.99. The first-order chi connectivity index (χ1) is 28.8. The summed E-state index contributed by atoms with van der Waals surface area (Å²) in [6, 6.07) is 36.3. The summed E-state index contributed by atoms with van der Waals surface area (Å²) in [7, 11) is -0.195. The summed E-state index contributed by atoms with van der Waals surface area (Å²) in [5, 5.41) is 15.9. The zero-order valence-corrected chi connectivity index (χ0v) is 35.9. The van der Waals surface area contributed by atoms with Gasteiger partial charge in [-0.2, -0.15) is 0 Å². The van der Waals surface area contributed by atoms with Crippen molar-refractivity contribution in [2.75, 3.05) is 74.1 Å². The van der Waals surface area contributed by atoms with Crippen molar-refractivity contribution in [2.45, 2.75) is 35.7 Å². The molecule has 0 unspecified atom stereocenters. The zero-order chi connectivity index (χ0) is 42.3. The summed E-state index contributed by atoms with van der Waals surface area (Å²) in [6.07, 6.45) is 1.32. The van der Waals surface area contributed by atoms with E-state index in [0.29, 0.717) is 23.3 Å². The van der Waals surface area contributed by atoms with Crippen LogP contribution in [0.2, 0.25) is 0 Å². The van der Waals surface area contributed by atoms with Crippen LogP contribution in [0.4, 0.5) is 22.9 Å². The minimum Gasteiger partial charge on any atom is -0.492 e. The van der Waals surface area contributed by atoms with Crippen LogP contribution in [0.1, 0.15) is 19.4 Å². The van der Waals surface area contributed by atoms with Crippen molar-refractivity contribution in [2.24, 2.45) is 0 Å². The maximum atomic E-state index is 13.7. The molecule has 2 N–H and O–H groups in total. The average molecular weight is 847 g/mol. The van der Waals surface area contributed by atoms with Crippen molar-refractivity contribution in [1.29, 1.82) is 0 Å². The smallest absolute Gasteiger partial charge is 0.293 e. The molecule has 1 aliphatic heterocycles. The van der Waals surface area contributed by atoms with Gasteiger partial charge >= 0.3 is 0 Å². The number of likely N-dealkylation sites (N-methyl/N-ethyl adjacent to an activating group) is 1. The van der Waals surface area contributed by atoms with Gasteiger partial charge in [0.25, 0.3) is 15.7 Å². The molecule has 0 radical (unpaired) electrons. The first-order valence-corrected chi connectivity index (χ1v) is 22.3. The number of nitro groups is 1. The summed E-state index contributed by atoms with van der Waals surface area (Å²) < 4.78 is 35.8. The SMILES string of the molecule is CN(C)CCOc1ccc(-c2ccccc2CN2CCN(c3ccc4c(NS(=O)(=O)c5ccc(NC(C)(C)CSc6ccccc6)c([N+](=O)[O-])c5)ncnc4c3)CC2)cc1. The van der Waals surface area contributed by atoms with E-state index in [4.69, 9.17) is 4.74 Å². The number of ether oxygens (including phenoxy) is 1. The molecule has 1 aliphatic rings. The molecule has 312 valence electrons. The predicted octanol–water partition coefficient (Wildman–Crippen LogP) is 8.25. The molecule has 6 aromatic rings. The number of benzene rings is 5. The number of rotatable bonds is 17. The Bertz CT molecular complexity index is 2530. The number of thioether (sulfide) groups is 1. The average Bonchev–Trinajstić information content (AvgIpc) is 3.24. The molecule has 7 rings (SSSR count). The molecule has 0 saturated carbocycles. The molecule has 0 aliphatic carbocycles. The largest absolute Gasteiger partial charge is 0.492 e. The Morgan fingerprint density at radius 2 is 1.62 bits per heavy atom. The number of aromatic nitrogens is 2. The highest BCUT2D eigenvalue weighted by molar-refractivity contribution is 7.99. The summed E-state index contributed by atoms with van der Waals surface area (Å²) in [6.45, 7) is 9.56. The van der Waals surface area contributed by atoms with Crippen molar-refractivity contribution in [3.8, 4) is 16.9 Å². The fraction of sp³-hybridized carbons (Fsp3) is 0.289. The summed E-state index contributed by atoms with van der Waals surface area (Å²) >= 11 is 1.62. The molecule has 60 heavy (non-hydrogen) atoms. The third-order valence-corrected chi connectivity index (χ3v) is 13.1.